The van der Waals surface area contributed by atoms with Gasteiger partial charge in [-0.3, -0.25) is 9.36 Å². The number of nitrogens with zero attached hydrogens (tertiary/aromatic N) is 4. The van der Waals surface area contributed by atoms with E-state index in [-0.39, 0.29) is 17.0 Å². The van der Waals surface area contributed by atoms with Gasteiger partial charge in [-0.05, 0) is 43.3 Å². The van der Waals surface area contributed by atoms with E-state index in [0.29, 0.717) is 11.0 Å². The smallest absolute Gasteiger partial charge is 0.235 e. The average molecular weight is 370 g/mol. The zero-order valence-corrected chi connectivity index (χ0v) is 15.6. The van der Waals surface area contributed by atoms with Crippen molar-refractivity contribution in [1.29, 1.82) is 0 Å². The first kappa shape index (κ1) is 18.1. The van der Waals surface area contributed by atoms with E-state index in [4.69, 9.17) is 0 Å². The summed E-state index contributed by atoms with van der Waals surface area (Å²) in [6, 6.07) is 15.8. The molecule has 1 heterocycles. The van der Waals surface area contributed by atoms with Crippen molar-refractivity contribution < 1.29 is 9.18 Å². The molecule has 0 aliphatic rings. The second-order valence-electron chi connectivity index (χ2n) is 5.98. The number of thioether (sulfide) groups is 1. The highest BCUT2D eigenvalue weighted by Gasteiger charge is 2.22. The highest BCUT2D eigenvalue weighted by molar-refractivity contribution is 8.00. The van der Waals surface area contributed by atoms with Crippen molar-refractivity contribution in [3.63, 3.8) is 0 Å². The lowest BCUT2D eigenvalue weighted by molar-refractivity contribution is -0.127. The van der Waals surface area contributed by atoms with E-state index in [9.17, 15) is 9.18 Å². The fourth-order valence-corrected chi connectivity index (χ4v) is 3.53. The number of rotatable bonds is 5. The van der Waals surface area contributed by atoms with Gasteiger partial charge in [-0.2, -0.15) is 0 Å². The Hall–Kier alpha value is -2.67. The first-order valence-electron chi connectivity index (χ1n) is 8.12. The van der Waals surface area contributed by atoms with Crippen LogP contribution in [0.15, 0.2) is 59.8 Å². The van der Waals surface area contributed by atoms with Crippen molar-refractivity contribution in [2.45, 2.75) is 17.3 Å². The van der Waals surface area contributed by atoms with Gasteiger partial charge in [-0.1, -0.05) is 30.0 Å². The van der Waals surface area contributed by atoms with E-state index in [1.807, 2.05) is 41.8 Å². The molecule has 3 aromatic rings. The monoisotopic (exact) mass is 370 g/mol. The Morgan fingerprint density at radius 2 is 1.73 bits per heavy atom. The molecule has 3 rings (SSSR count). The molecule has 1 amide bonds. The fourth-order valence-electron chi connectivity index (χ4n) is 2.51. The normalized spacial score (nSPS) is 12.0. The van der Waals surface area contributed by atoms with Crippen LogP contribution in [-0.2, 0) is 4.79 Å². The molecular weight excluding hydrogens is 351 g/mol. The first-order valence-corrected chi connectivity index (χ1v) is 9.00. The molecule has 1 aromatic heterocycles. The van der Waals surface area contributed by atoms with Crippen molar-refractivity contribution in [1.82, 2.24) is 19.7 Å². The molecule has 0 saturated heterocycles. The van der Waals surface area contributed by atoms with Crippen molar-refractivity contribution >= 4 is 17.7 Å². The van der Waals surface area contributed by atoms with E-state index < -0.39 is 0 Å². The second-order valence-corrected chi connectivity index (χ2v) is 7.28. The molecule has 0 fully saturated rings. The standard InChI is InChI=1S/C19H19FN4OS/c1-13(18(25)23(2)3)26-19-22-21-17(14-9-11-15(20)12-10-14)24(19)16-7-5-4-6-8-16/h4-13H,1-3H3. The summed E-state index contributed by atoms with van der Waals surface area (Å²) >= 11 is 1.34. The van der Waals surface area contributed by atoms with Crippen LogP contribution in [0.2, 0.25) is 0 Å². The van der Waals surface area contributed by atoms with Crippen LogP contribution in [0.1, 0.15) is 6.92 Å². The quantitative estimate of drug-likeness (QED) is 0.644. The molecule has 0 radical (unpaired) electrons. The molecule has 2 aromatic carbocycles. The molecule has 7 heteroatoms. The van der Waals surface area contributed by atoms with Crippen LogP contribution < -0.4 is 0 Å². The van der Waals surface area contributed by atoms with Gasteiger partial charge in [-0.25, -0.2) is 4.39 Å². The Morgan fingerprint density at radius 3 is 2.35 bits per heavy atom. The minimum Gasteiger partial charge on any atom is -0.348 e. The Morgan fingerprint density at radius 1 is 1.08 bits per heavy atom. The maximum atomic E-state index is 13.3. The maximum absolute atomic E-state index is 13.3. The van der Waals surface area contributed by atoms with Crippen LogP contribution in [0.4, 0.5) is 4.39 Å². The van der Waals surface area contributed by atoms with Gasteiger partial charge in [0.05, 0.1) is 5.25 Å². The Labute approximate surface area is 155 Å². The summed E-state index contributed by atoms with van der Waals surface area (Å²) in [6.07, 6.45) is 0. The highest BCUT2D eigenvalue weighted by Crippen LogP contribution is 2.30. The summed E-state index contributed by atoms with van der Waals surface area (Å²) in [5.74, 6) is 0.295. The number of halogens is 1. The van der Waals surface area contributed by atoms with Crippen LogP contribution in [0.25, 0.3) is 17.1 Å². The lowest BCUT2D eigenvalue weighted by atomic mass is 10.2. The van der Waals surface area contributed by atoms with Gasteiger partial charge in [0.25, 0.3) is 0 Å². The number of hydrogen-bond donors (Lipinski definition) is 0. The molecule has 1 atom stereocenters. The lowest BCUT2D eigenvalue weighted by Crippen LogP contribution is -2.29. The van der Waals surface area contributed by atoms with Crippen LogP contribution in [-0.4, -0.2) is 44.9 Å². The van der Waals surface area contributed by atoms with Gasteiger partial charge in [0.2, 0.25) is 5.91 Å². The van der Waals surface area contributed by atoms with E-state index in [1.165, 1.54) is 23.9 Å². The van der Waals surface area contributed by atoms with Gasteiger partial charge in [0, 0.05) is 25.3 Å². The SMILES string of the molecule is CC(Sc1nnc(-c2ccc(F)cc2)n1-c1ccccc1)C(=O)N(C)C. The zero-order valence-electron chi connectivity index (χ0n) is 14.8. The molecule has 5 nitrogen and oxygen atoms in total. The number of carbonyl (C=O) groups is 1. The van der Waals surface area contributed by atoms with E-state index in [2.05, 4.69) is 10.2 Å². The van der Waals surface area contributed by atoms with Gasteiger partial charge in [0.15, 0.2) is 11.0 Å². The third kappa shape index (κ3) is 3.77. The predicted octanol–water partition coefficient (Wildman–Crippen LogP) is 3.64. The molecule has 1 unspecified atom stereocenters. The molecule has 134 valence electrons. The summed E-state index contributed by atoms with van der Waals surface area (Å²) in [7, 11) is 3.45. The third-order valence-electron chi connectivity index (χ3n) is 3.82. The molecule has 26 heavy (non-hydrogen) atoms. The van der Waals surface area contributed by atoms with Crippen molar-refractivity contribution in [2.24, 2.45) is 0 Å². The Bertz CT molecular complexity index is 894. The van der Waals surface area contributed by atoms with E-state index >= 15 is 0 Å². The van der Waals surface area contributed by atoms with Crippen LogP contribution in [0.3, 0.4) is 0 Å². The Balaban J connectivity index is 2.05. The van der Waals surface area contributed by atoms with Gasteiger partial charge in [0.1, 0.15) is 5.82 Å². The zero-order chi connectivity index (χ0) is 18.7. The van der Waals surface area contributed by atoms with Gasteiger partial charge < -0.3 is 4.90 Å². The van der Waals surface area contributed by atoms with Crippen LogP contribution in [0.5, 0.6) is 0 Å². The number of hydrogen-bond acceptors (Lipinski definition) is 4. The maximum Gasteiger partial charge on any atom is 0.235 e. The predicted molar refractivity (Wildman–Crippen MR) is 101 cm³/mol. The van der Waals surface area contributed by atoms with Gasteiger partial charge in [-0.15, -0.1) is 10.2 Å². The van der Waals surface area contributed by atoms with Crippen LogP contribution >= 0.6 is 11.8 Å². The molecule has 0 saturated carbocycles. The third-order valence-corrected chi connectivity index (χ3v) is 4.85. The molecule has 0 N–H and O–H groups in total. The second kappa shape index (κ2) is 7.70. The summed E-state index contributed by atoms with van der Waals surface area (Å²) in [5, 5.41) is 8.88. The van der Waals surface area contributed by atoms with Crippen LogP contribution in [0, 0.1) is 5.82 Å². The molecule has 0 aliphatic heterocycles. The molecule has 0 spiro atoms. The van der Waals surface area contributed by atoms with Gasteiger partial charge >= 0.3 is 0 Å². The highest BCUT2D eigenvalue weighted by atomic mass is 32.2. The Kier molecular flexibility index (Phi) is 5.37. The van der Waals surface area contributed by atoms with E-state index in [1.54, 1.807) is 31.1 Å². The average Bonchev–Trinajstić information content (AvgIpc) is 3.05. The largest absolute Gasteiger partial charge is 0.348 e. The van der Waals surface area contributed by atoms with E-state index in [0.717, 1.165) is 11.3 Å². The molecule has 0 aliphatic carbocycles. The lowest BCUT2D eigenvalue weighted by Gasteiger charge is -2.17. The summed E-state index contributed by atoms with van der Waals surface area (Å²) < 4.78 is 15.2. The van der Waals surface area contributed by atoms with Crippen molar-refractivity contribution in [3.05, 3.63) is 60.4 Å². The summed E-state index contributed by atoms with van der Waals surface area (Å²) in [5.41, 5.74) is 1.63. The number of amides is 1. The number of aromatic nitrogens is 3. The fraction of sp³-hybridized carbons (Fsp3) is 0.211. The first-order chi connectivity index (χ1) is 12.5. The number of benzene rings is 2. The minimum absolute atomic E-state index is 0.000874. The number of para-hydroxylation sites is 1. The molecular formula is C19H19FN4OS. The topological polar surface area (TPSA) is 51.0 Å². The number of carbonyl (C=O) groups excluding carboxylic acids is 1. The summed E-state index contributed by atoms with van der Waals surface area (Å²) in [4.78, 5) is 13.8. The molecule has 0 bridgehead atoms. The van der Waals surface area contributed by atoms with Crippen molar-refractivity contribution in [2.75, 3.05) is 14.1 Å². The summed E-state index contributed by atoms with van der Waals surface area (Å²) in [6.45, 7) is 1.84. The minimum atomic E-state index is -0.308. The van der Waals surface area contributed by atoms with Crippen molar-refractivity contribution in [3.8, 4) is 17.1 Å².